The number of carbonyl (C=O) groups excluding carboxylic acids is 2. The van der Waals surface area contributed by atoms with Gasteiger partial charge in [0.1, 0.15) is 5.75 Å². The number of hydrogen-bond donors (Lipinski definition) is 1. The van der Waals surface area contributed by atoms with Crippen LogP contribution < -0.4 is 15.0 Å². The SMILES string of the molecule is C#CCOC(=O)Nc1cccc(OC(=O)N(CCBr)c2ccccc2)c1. The van der Waals surface area contributed by atoms with Gasteiger partial charge in [-0.1, -0.05) is 46.1 Å². The van der Waals surface area contributed by atoms with Gasteiger partial charge in [-0.3, -0.25) is 10.2 Å². The van der Waals surface area contributed by atoms with Gasteiger partial charge in [-0.2, -0.15) is 0 Å². The van der Waals surface area contributed by atoms with Crippen molar-refractivity contribution in [1.82, 2.24) is 0 Å². The highest BCUT2D eigenvalue weighted by molar-refractivity contribution is 9.09. The number of nitrogens with one attached hydrogen (secondary N) is 1. The quantitative estimate of drug-likeness (QED) is 0.563. The highest BCUT2D eigenvalue weighted by Gasteiger charge is 2.17. The van der Waals surface area contributed by atoms with Crippen LogP contribution in [0.15, 0.2) is 54.6 Å². The Morgan fingerprint density at radius 1 is 1.15 bits per heavy atom. The molecule has 2 rings (SSSR count). The summed E-state index contributed by atoms with van der Waals surface area (Å²) in [7, 11) is 0. The molecule has 2 aromatic carbocycles. The van der Waals surface area contributed by atoms with Gasteiger partial charge in [0.05, 0.1) is 0 Å². The predicted octanol–water partition coefficient (Wildman–Crippen LogP) is 4.27. The molecule has 1 N–H and O–H groups in total. The van der Waals surface area contributed by atoms with Crippen molar-refractivity contribution in [3.63, 3.8) is 0 Å². The van der Waals surface area contributed by atoms with Crippen molar-refractivity contribution < 1.29 is 19.1 Å². The number of hydrogen-bond acceptors (Lipinski definition) is 4. The Kier molecular flexibility index (Phi) is 7.52. The smallest absolute Gasteiger partial charge is 0.419 e. The minimum absolute atomic E-state index is 0.126. The van der Waals surface area contributed by atoms with E-state index in [4.69, 9.17) is 15.9 Å². The Hall–Kier alpha value is -2.98. The number of rotatable bonds is 6. The largest absolute Gasteiger partial charge is 0.436 e. The average Bonchev–Trinajstić information content (AvgIpc) is 2.65. The molecular formula is C19H17BrN2O4. The number of alkyl halides is 1. The van der Waals surface area contributed by atoms with Gasteiger partial charge in [0.15, 0.2) is 6.61 Å². The third-order valence-electron chi connectivity index (χ3n) is 3.17. The second-order valence-corrected chi connectivity index (χ2v) is 5.77. The van der Waals surface area contributed by atoms with E-state index in [9.17, 15) is 9.59 Å². The first-order valence-corrected chi connectivity index (χ1v) is 8.84. The van der Waals surface area contributed by atoms with Crippen molar-refractivity contribution in [3.8, 4) is 18.1 Å². The third-order valence-corrected chi connectivity index (χ3v) is 3.52. The van der Waals surface area contributed by atoms with Gasteiger partial charge in [-0.25, -0.2) is 9.59 Å². The molecule has 0 fully saturated rings. The second kappa shape index (κ2) is 10.1. The van der Waals surface area contributed by atoms with Crippen molar-refractivity contribution in [2.24, 2.45) is 0 Å². The van der Waals surface area contributed by atoms with Gasteiger partial charge in [0.2, 0.25) is 0 Å². The van der Waals surface area contributed by atoms with Gasteiger partial charge >= 0.3 is 12.2 Å². The number of amides is 2. The van der Waals surface area contributed by atoms with Crippen LogP contribution in [0.2, 0.25) is 0 Å². The molecule has 6 nitrogen and oxygen atoms in total. The van der Waals surface area contributed by atoms with E-state index in [1.165, 1.54) is 11.0 Å². The maximum absolute atomic E-state index is 12.5. The van der Waals surface area contributed by atoms with Crippen LogP contribution in [-0.4, -0.2) is 30.7 Å². The molecule has 0 aliphatic heterocycles. The lowest BCUT2D eigenvalue weighted by Crippen LogP contribution is -2.35. The van der Waals surface area contributed by atoms with Gasteiger partial charge in [0.25, 0.3) is 0 Å². The number of ether oxygens (including phenoxy) is 2. The van der Waals surface area contributed by atoms with E-state index >= 15 is 0 Å². The van der Waals surface area contributed by atoms with Crippen LogP contribution in [0.3, 0.4) is 0 Å². The summed E-state index contributed by atoms with van der Waals surface area (Å²) in [6, 6.07) is 15.6. The zero-order valence-corrected chi connectivity index (χ0v) is 15.4. The molecule has 0 bridgehead atoms. The highest BCUT2D eigenvalue weighted by atomic mass is 79.9. The van der Waals surface area contributed by atoms with Crippen molar-refractivity contribution in [3.05, 3.63) is 54.6 Å². The molecule has 2 amide bonds. The zero-order valence-electron chi connectivity index (χ0n) is 13.9. The Labute approximate surface area is 160 Å². The normalized spacial score (nSPS) is 9.69. The summed E-state index contributed by atoms with van der Waals surface area (Å²) >= 11 is 3.34. The molecule has 7 heteroatoms. The van der Waals surface area contributed by atoms with Gasteiger partial charge in [0, 0.05) is 29.3 Å². The number of para-hydroxylation sites is 1. The Balaban J connectivity index is 2.07. The molecule has 0 atom stereocenters. The van der Waals surface area contributed by atoms with Gasteiger partial charge in [-0.15, -0.1) is 6.42 Å². The second-order valence-electron chi connectivity index (χ2n) is 4.98. The van der Waals surface area contributed by atoms with Crippen LogP contribution >= 0.6 is 15.9 Å². The molecule has 0 spiro atoms. The van der Waals surface area contributed by atoms with Crippen LogP contribution in [0.5, 0.6) is 5.75 Å². The summed E-state index contributed by atoms with van der Waals surface area (Å²) in [6.07, 6.45) is 3.82. The average molecular weight is 417 g/mol. The number of benzene rings is 2. The minimum Gasteiger partial charge on any atom is -0.436 e. The van der Waals surface area contributed by atoms with E-state index in [-0.39, 0.29) is 6.61 Å². The molecule has 134 valence electrons. The summed E-state index contributed by atoms with van der Waals surface area (Å²) in [6.45, 7) is 0.318. The van der Waals surface area contributed by atoms with E-state index in [1.807, 2.05) is 30.3 Å². The standard InChI is InChI=1S/C19H17BrN2O4/c1-2-13-25-18(23)21-15-7-6-10-17(14-15)26-19(24)22(12-11-20)16-8-4-3-5-9-16/h1,3-10,14H,11-13H2,(H,21,23). The Morgan fingerprint density at radius 2 is 1.92 bits per heavy atom. The first kappa shape index (κ1) is 19.3. The number of halogens is 1. The Morgan fingerprint density at radius 3 is 2.62 bits per heavy atom. The zero-order chi connectivity index (χ0) is 18.8. The molecule has 0 unspecified atom stereocenters. The first-order chi connectivity index (χ1) is 12.6. The lowest BCUT2D eigenvalue weighted by atomic mass is 10.3. The maximum Gasteiger partial charge on any atom is 0.419 e. The van der Waals surface area contributed by atoms with Crippen LogP contribution in [-0.2, 0) is 4.74 Å². The fraction of sp³-hybridized carbons (Fsp3) is 0.158. The molecule has 0 aliphatic rings. The molecule has 0 aromatic heterocycles. The number of terminal acetylenes is 1. The maximum atomic E-state index is 12.5. The fourth-order valence-electron chi connectivity index (χ4n) is 2.07. The highest BCUT2D eigenvalue weighted by Crippen LogP contribution is 2.20. The lowest BCUT2D eigenvalue weighted by Gasteiger charge is -2.21. The van der Waals surface area contributed by atoms with Crippen LogP contribution in [0.25, 0.3) is 0 Å². The fourth-order valence-corrected chi connectivity index (χ4v) is 2.43. The van der Waals surface area contributed by atoms with Crippen molar-refractivity contribution in [1.29, 1.82) is 0 Å². The number of carbonyl (C=O) groups is 2. The van der Waals surface area contributed by atoms with Crippen LogP contribution in [0.4, 0.5) is 21.0 Å². The number of anilines is 2. The van der Waals surface area contributed by atoms with Crippen LogP contribution in [0.1, 0.15) is 0 Å². The molecule has 0 aliphatic carbocycles. The molecular weight excluding hydrogens is 400 g/mol. The van der Waals surface area contributed by atoms with Crippen molar-refractivity contribution in [2.75, 3.05) is 28.7 Å². The third kappa shape index (κ3) is 5.83. The molecule has 2 aromatic rings. The summed E-state index contributed by atoms with van der Waals surface area (Å²) in [5.74, 6) is 2.49. The summed E-state index contributed by atoms with van der Waals surface area (Å²) < 4.78 is 10.2. The molecule has 0 heterocycles. The van der Waals surface area contributed by atoms with E-state index in [0.29, 0.717) is 23.3 Å². The van der Waals surface area contributed by atoms with Crippen LogP contribution in [0, 0.1) is 12.3 Å². The molecule has 0 saturated carbocycles. The lowest BCUT2D eigenvalue weighted by molar-refractivity contribution is 0.176. The van der Waals surface area contributed by atoms with Crippen molar-refractivity contribution in [2.45, 2.75) is 0 Å². The molecule has 0 radical (unpaired) electrons. The van der Waals surface area contributed by atoms with E-state index < -0.39 is 12.2 Å². The van der Waals surface area contributed by atoms with Gasteiger partial charge < -0.3 is 9.47 Å². The molecule has 26 heavy (non-hydrogen) atoms. The number of nitrogens with zero attached hydrogens (tertiary/aromatic N) is 1. The van der Waals surface area contributed by atoms with Crippen molar-refractivity contribution >= 4 is 39.5 Å². The monoisotopic (exact) mass is 416 g/mol. The molecule has 0 saturated heterocycles. The van der Waals surface area contributed by atoms with E-state index in [1.54, 1.807) is 18.2 Å². The van der Waals surface area contributed by atoms with Gasteiger partial charge in [-0.05, 0) is 24.3 Å². The topological polar surface area (TPSA) is 67.9 Å². The first-order valence-electron chi connectivity index (χ1n) is 7.71. The predicted molar refractivity (Wildman–Crippen MR) is 104 cm³/mol. The van der Waals surface area contributed by atoms with E-state index in [0.717, 1.165) is 5.69 Å². The summed E-state index contributed by atoms with van der Waals surface area (Å²) in [5, 5.41) is 3.10. The van der Waals surface area contributed by atoms with E-state index in [2.05, 4.69) is 27.2 Å². The minimum atomic E-state index is -0.684. The Bertz CT molecular complexity index is 790. The summed E-state index contributed by atoms with van der Waals surface area (Å²) in [5.41, 5.74) is 1.15. The summed E-state index contributed by atoms with van der Waals surface area (Å²) in [4.78, 5) is 25.6.